The van der Waals surface area contributed by atoms with Gasteiger partial charge >= 0.3 is 0 Å². The van der Waals surface area contributed by atoms with Gasteiger partial charge < -0.3 is 15.2 Å². The van der Waals surface area contributed by atoms with Crippen molar-refractivity contribution in [2.45, 2.75) is 19.0 Å². The molecular weight excluding hydrogens is 368 g/mol. The number of thioether (sulfide) groups is 1. The molecule has 0 spiro atoms. The van der Waals surface area contributed by atoms with E-state index >= 15 is 0 Å². The molecule has 26 heavy (non-hydrogen) atoms. The van der Waals surface area contributed by atoms with Crippen molar-refractivity contribution in [1.82, 2.24) is 9.97 Å². The number of amides is 1. The molecular formula is C19H21ClN4OS. The molecule has 0 atom stereocenters. The summed E-state index contributed by atoms with van der Waals surface area (Å²) in [5.41, 5.74) is 3.66. The van der Waals surface area contributed by atoms with E-state index in [1.54, 1.807) is 6.07 Å². The Kier molecular flexibility index (Phi) is 6.06. The SMILES string of the molecule is CCN(CC)c1ccc(NC(=O)CSc2nc3ccc(Cl)cc3[nH]2)cc1. The molecule has 0 aliphatic rings. The van der Waals surface area contributed by atoms with Crippen LogP contribution < -0.4 is 10.2 Å². The van der Waals surface area contributed by atoms with Crippen LogP contribution in [0.25, 0.3) is 11.0 Å². The van der Waals surface area contributed by atoms with Gasteiger partial charge in [-0.05, 0) is 56.3 Å². The summed E-state index contributed by atoms with van der Waals surface area (Å²) in [7, 11) is 0. The van der Waals surface area contributed by atoms with Gasteiger partial charge in [-0.2, -0.15) is 0 Å². The maximum absolute atomic E-state index is 12.2. The van der Waals surface area contributed by atoms with Crippen LogP contribution in [0.2, 0.25) is 5.02 Å². The third kappa shape index (κ3) is 4.51. The highest BCUT2D eigenvalue weighted by molar-refractivity contribution is 7.99. The van der Waals surface area contributed by atoms with E-state index in [0.717, 1.165) is 35.5 Å². The van der Waals surface area contributed by atoms with Gasteiger partial charge in [0, 0.05) is 29.5 Å². The van der Waals surface area contributed by atoms with Gasteiger partial charge in [0.2, 0.25) is 5.91 Å². The molecule has 3 rings (SSSR count). The van der Waals surface area contributed by atoms with Crippen molar-refractivity contribution >= 4 is 51.7 Å². The first-order valence-corrected chi connectivity index (χ1v) is 9.88. The lowest BCUT2D eigenvalue weighted by Gasteiger charge is -2.21. The Labute approximate surface area is 162 Å². The Morgan fingerprint density at radius 2 is 1.92 bits per heavy atom. The van der Waals surface area contributed by atoms with E-state index in [1.807, 2.05) is 36.4 Å². The molecule has 7 heteroatoms. The first-order chi connectivity index (χ1) is 12.6. The summed E-state index contributed by atoms with van der Waals surface area (Å²) in [5, 5.41) is 4.28. The molecule has 136 valence electrons. The minimum Gasteiger partial charge on any atom is -0.372 e. The number of halogens is 1. The zero-order chi connectivity index (χ0) is 18.5. The van der Waals surface area contributed by atoms with Gasteiger partial charge in [-0.25, -0.2) is 4.98 Å². The Balaban J connectivity index is 1.56. The van der Waals surface area contributed by atoms with Crippen LogP contribution in [0.15, 0.2) is 47.6 Å². The van der Waals surface area contributed by atoms with Crippen molar-refractivity contribution < 1.29 is 4.79 Å². The number of hydrogen-bond acceptors (Lipinski definition) is 4. The molecule has 0 radical (unpaired) electrons. The number of imidazole rings is 1. The molecule has 0 saturated heterocycles. The molecule has 1 heterocycles. The van der Waals surface area contributed by atoms with Gasteiger partial charge in [-0.15, -0.1) is 0 Å². The number of aromatic nitrogens is 2. The Bertz CT molecular complexity index is 890. The summed E-state index contributed by atoms with van der Waals surface area (Å²) in [5.74, 6) is 0.217. The van der Waals surface area contributed by atoms with E-state index in [4.69, 9.17) is 11.6 Å². The zero-order valence-corrected chi connectivity index (χ0v) is 16.3. The topological polar surface area (TPSA) is 61.0 Å². The lowest BCUT2D eigenvalue weighted by Crippen LogP contribution is -2.21. The van der Waals surface area contributed by atoms with Crippen molar-refractivity contribution in [2.24, 2.45) is 0 Å². The van der Waals surface area contributed by atoms with Crippen LogP contribution in [0, 0.1) is 0 Å². The smallest absolute Gasteiger partial charge is 0.234 e. The number of nitrogens with zero attached hydrogens (tertiary/aromatic N) is 2. The molecule has 0 aliphatic heterocycles. The molecule has 0 bridgehead atoms. The van der Waals surface area contributed by atoms with Crippen molar-refractivity contribution in [1.29, 1.82) is 0 Å². The van der Waals surface area contributed by atoms with Crippen molar-refractivity contribution in [3.8, 4) is 0 Å². The Morgan fingerprint density at radius 3 is 2.62 bits per heavy atom. The van der Waals surface area contributed by atoms with E-state index in [-0.39, 0.29) is 11.7 Å². The number of rotatable bonds is 7. The number of carbonyl (C=O) groups excluding carboxylic acids is 1. The minimum absolute atomic E-state index is 0.0657. The average Bonchev–Trinajstić information content (AvgIpc) is 3.04. The summed E-state index contributed by atoms with van der Waals surface area (Å²) in [4.78, 5) is 22.1. The predicted octanol–water partition coefficient (Wildman–Crippen LogP) is 4.79. The second-order valence-electron chi connectivity index (χ2n) is 5.76. The molecule has 0 aliphatic carbocycles. The third-order valence-electron chi connectivity index (χ3n) is 4.04. The van der Waals surface area contributed by atoms with Gasteiger partial charge in [0.05, 0.1) is 16.8 Å². The van der Waals surface area contributed by atoms with E-state index in [0.29, 0.717) is 10.2 Å². The van der Waals surface area contributed by atoms with Gasteiger partial charge in [-0.3, -0.25) is 4.79 Å². The van der Waals surface area contributed by atoms with Crippen LogP contribution in [-0.4, -0.2) is 34.7 Å². The lowest BCUT2D eigenvalue weighted by atomic mass is 10.2. The van der Waals surface area contributed by atoms with Crippen LogP contribution in [0.5, 0.6) is 0 Å². The van der Waals surface area contributed by atoms with Gasteiger partial charge in [0.1, 0.15) is 0 Å². The fourth-order valence-electron chi connectivity index (χ4n) is 2.70. The highest BCUT2D eigenvalue weighted by Gasteiger charge is 2.08. The van der Waals surface area contributed by atoms with Crippen LogP contribution in [-0.2, 0) is 4.79 Å². The zero-order valence-electron chi connectivity index (χ0n) is 14.8. The summed E-state index contributed by atoms with van der Waals surface area (Å²) in [6.45, 7) is 6.17. The summed E-state index contributed by atoms with van der Waals surface area (Å²) in [6, 6.07) is 13.4. The molecule has 5 nitrogen and oxygen atoms in total. The van der Waals surface area contributed by atoms with Gasteiger partial charge in [0.15, 0.2) is 5.16 Å². The maximum atomic E-state index is 12.2. The molecule has 0 fully saturated rings. The fraction of sp³-hybridized carbons (Fsp3) is 0.263. The highest BCUT2D eigenvalue weighted by Crippen LogP contribution is 2.23. The average molecular weight is 389 g/mol. The summed E-state index contributed by atoms with van der Waals surface area (Å²) in [6.07, 6.45) is 0. The van der Waals surface area contributed by atoms with Crippen molar-refractivity contribution in [3.63, 3.8) is 0 Å². The van der Waals surface area contributed by atoms with E-state index < -0.39 is 0 Å². The van der Waals surface area contributed by atoms with Gasteiger partial charge in [0.25, 0.3) is 0 Å². The number of nitrogens with one attached hydrogen (secondary N) is 2. The molecule has 0 saturated carbocycles. The number of benzene rings is 2. The number of anilines is 2. The number of carbonyl (C=O) groups is 1. The summed E-state index contributed by atoms with van der Waals surface area (Å²) >= 11 is 7.34. The number of aromatic amines is 1. The third-order valence-corrected chi connectivity index (χ3v) is 5.15. The minimum atomic E-state index is -0.0657. The quantitative estimate of drug-likeness (QED) is 0.571. The van der Waals surface area contributed by atoms with Crippen LogP contribution >= 0.6 is 23.4 Å². The van der Waals surface area contributed by atoms with Crippen molar-refractivity contribution in [3.05, 3.63) is 47.5 Å². The Morgan fingerprint density at radius 1 is 1.19 bits per heavy atom. The van der Waals surface area contributed by atoms with Crippen LogP contribution in [0.4, 0.5) is 11.4 Å². The van der Waals surface area contributed by atoms with Crippen molar-refractivity contribution in [2.75, 3.05) is 29.1 Å². The van der Waals surface area contributed by atoms with Gasteiger partial charge in [-0.1, -0.05) is 23.4 Å². The standard InChI is InChI=1S/C19H21ClN4OS/c1-3-24(4-2)15-8-6-14(7-9-15)21-18(25)12-26-19-22-16-10-5-13(20)11-17(16)23-19/h5-11H,3-4,12H2,1-2H3,(H,21,25)(H,22,23). The highest BCUT2D eigenvalue weighted by atomic mass is 35.5. The van der Waals surface area contributed by atoms with E-state index in [9.17, 15) is 4.79 Å². The number of H-pyrrole nitrogens is 1. The first-order valence-electron chi connectivity index (χ1n) is 8.52. The second kappa shape index (κ2) is 8.47. The Hall–Kier alpha value is -2.18. The predicted molar refractivity (Wildman–Crippen MR) is 110 cm³/mol. The lowest BCUT2D eigenvalue weighted by molar-refractivity contribution is -0.113. The van der Waals surface area contributed by atoms with E-state index in [2.05, 4.69) is 34.0 Å². The maximum Gasteiger partial charge on any atom is 0.234 e. The molecule has 1 amide bonds. The largest absolute Gasteiger partial charge is 0.372 e. The normalized spacial score (nSPS) is 10.9. The molecule has 0 unspecified atom stereocenters. The summed E-state index contributed by atoms with van der Waals surface area (Å²) < 4.78 is 0. The van der Waals surface area contributed by atoms with E-state index in [1.165, 1.54) is 11.8 Å². The molecule has 2 aromatic carbocycles. The van der Waals surface area contributed by atoms with Crippen LogP contribution in [0.3, 0.4) is 0 Å². The second-order valence-corrected chi connectivity index (χ2v) is 7.16. The molecule has 3 aromatic rings. The fourth-order valence-corrected chi connectivity index (χ4v) is 3.56. The van der Waals surface area contributed by atoms with Crippen LogP contribution in [0.1, 0.15) is 13.8 Å². The molecule has 1 aromatic heterocycles. The molecule has 2 N–H and O–H groups in total. The number of hydrogen-bond donors (Lipinski definition) is 2. The first kappa shape index (κ1) is 18.6. The number of fused-ring (bicyclic) bond motifs is 1. The monoisotopic (exact) mass is 388 g/mol.